The molecule has 0 saturated carbocycles. The smallest absolute Gasteiger partial charge is 0.488 e. The maximum Gasteiger partial charge on any atom is 0.488 e. The Morgan fingerprint density at radius 2 is 1.74 bits per heavy atom. The zero-order valence-corrected chi connectivity index (χ0v) is 26.2. The highest BCUT2D eigenvalue weighted by Gasteiger charge is 2.30. The Bertz CT molecular complexity index is 1710. The van der Waals surface area contributed by atoms with Crippen LogP contribution in [0.2, 0.25) is 5.02 Å². The molecule has 1 atom stereocenters. The number of aryl methyl sites for hydroxylation is 1. The monoisotopic (exact) mass is 644 g/mol. The molecule has 4 aromatic rings. The summed E-state index contributed by atoms with van der Waals surface area (Å²) in [6.07, 6.45) is 0.109. The fourth-order valence-corrected chi connectivity index (χ4v) is 5.18. The average molecular weight is 645 g/mol. The van der Waals surface area contributed by atoms with E-state index < -0.39 is 13.2 Å². The lowest BCUT2D eigenvalue weighted by atomic mass is 9.80. The van der Waals surface area contributed by atoms with Crippen molar-refractivity contribution in [3.8, 4) is 11.4 Å². The molecule has 0 spiro atoms. The van der Waals surface area contributed by atoms with Gasteiger partial charge in [0, 0.05) is 34.8 Å². The lowest BCUT2D eigenvalue weighted by Crippen LogP contribution is -2.31. The number of aliphatic imine (C=N–C) groups is 1. The van der Waals surface area contributed by atoms with Crippen molar-refractivity contribution in [2.24, 2.45) is 4.99 Å². The zero-order chi connectivity index (χ0) is 32.6. The number of fused-ring (bicyclic) bond motifs is 3. The summed E-state index contributed by atoms with van der Waals surface area (Å²) >= 11 is 6.19. The minimum Gasteiger partial charge on any atom is -0.491 e. The molecule has 1 unspecified atom stereocenters. The molecular formula is C32H34BClN6O6. The molecule has 1 aliphatic rings. The first-order chi connectivity index (χ1) is 22.2. The van der Waals surface area contributed by atoms with Gasteiger partial charge in [-0.2, -0.15) is 0 Å². The number of nitrogens with one attached hydrogen (secondary N) is 2. The summed E-state index contributed by atoms with van der Waals surface area (Å²) in [4.78, 5) is 30.0. The van der Waals surface area contributed by atoms with Crippen LogP contribution in [0.25, 0.3) is 5.69 Å². The molecule has 46 heavy (non-hydrogen) atoms. The highest BCUT2D eigenvalue weighted by Crippen LogP contribution is 2.34. The number of amides is 2. The molecular weight excluding hydrogens is 611 g/mol. The predicted molar refractivity (Wildman–Crippen MR) is 174 cm³/mol. The molecule has 14 heteroatoms. The van der Waals surface area contributed by atoms with Crippen molar-refractivity contribution >= 4 is 41.7 Å². The number of ether oxygens (including phenoxy) is 2. The molecule has 0 saturated heterocycles. The number of halogens is 1. The van der Waals surface area contributed by atoms with Crippen LogP contribution in [0, 0.1) is 6.92 Å². The van der Waals surface area contributed by atoms with Crippen molar-refractivity contribution in [3.63, 3.8) is 0 Å². The number of carbonyl (C=O) groups is 2. The van der Waals surface area contributed by atoms with Crippen LogP contribution in [0.5, 0.6) is 5.75 Å². The van der Waals surface area contributed by atoms with E-state index in [1.165, 1.54) is 24.3 Å². The van der Waals surface area contributed by atoms with E-state index in [-0.39, 0.29) is 38.1 Å². The van der Waals surface area contributed by atoms with E-state index in [2.05, 4.69) is 20.8 Å². The first kappa shape index (κ1) is 32.8. The number of hydrogen-bond donors (Lipinski definition) is 4. The second kappa shape index (κ2) is 15.2. The Labute approximate surface area is 271 Å². The zero-order valence-electron chi connectivity index (χ0n) is 25.4. The Morgan fingerprint density at radius 1 is 0.978 bits per heavy atom. The van der Waals surface area contributed by atoms with Crippen LogP contribution in [0.4, 0.5) is 0 Å². The van der Waals surface area contributed by atoms with Gasteiger partial charge in [-0.25, -0.2) is 0 Å². The molecule has 2 amide bonds. The van der Waals surface area contributed by atoms with E-state index in [9.17, 15) is 19.6 Å². The number of nitrogens with zero attached hydrogens (tertiary/aromatic N) is 4. The number of benzene rings is 3. The van der Waals surface area contributed by atoms with Gasteiger partial charge in [0.15, 0.2) is 5.82 Å². The van der Waals surface area contributed by atoms with Crippen LogP contribution in [0.15, 0.2) is 71.7 Å². The second-order valence-electron chi connectivity index (χ2n) is 10.5. The standard InChI is InChI=1S/C32H34BClN6O6/c1-3-35-29(41)19-27-31-39-38-20(2)40(31)28-13-12-25(18-26(28)30(37-27)21-6-10-24(34)11-7-21)46-17-16-45-15-14-36-32(42)22-4-8-23(9-5-22)33(43)44/h4-13,18,27,43-44H,3,14-17,19H2,1-2H3,(H,35,41)(H,36,42). The second-order valence-corrected chi connectivity index (χ2v) is 10.9. The van der Waals surface area contributed by atoms with Gasteiger partial charge in [0.2, 0.25) is 5.91 Å². The molecule has 0 fully saturated rings. The minimum absolute atomic E-state index is 0.109. The van der Waals surface area contributed by atoms with Gasteiger partial charge >= 0.3 is 7.12 Å². The largest absolute Gasteiger partial charge is 0.491 e. The van der Waals surface area contributed by atoms with Crippen LogP contribution >= 0.6 is 11.6 Å². The molecule has 3 aromatic carbocycles. The van der Waals surface area contributed by atoms with Crippen molar-refractivity contribution in [3.05, 3.63) is 100 Å². The third kappa shape index (κ3) is 7.80. The van der Waals surface area contributed by atoms with E-state index >= 15 is 0 Å². The third-order valence-electron chi connectivity index (χ3n) is 7.27. The fraction of sp³-hybridized carbons (Fsp3) is 0.281. The van der Waals surface area contributed by atoms with E-state index in [1.54, 1.807) is 12.1 Å². The molecule has 238 valence electrons. The molecule has 2 heterocycles. The Morgan fingerprint density at radius 3 is 2.46 bits per heavy atom. The topological polar surface area (TPSA) is 160 Å². The van der Waals surface area contributed by atoms with Crippen LogP contribution < -0.4 is 20.8 Å². The third-order valence-corrected chi connectivity index (χ3v) is 7.52. The summed E-state index contributed by atoms with van der Waals surface area (Å²) < 4.78 is 13.6. The average Bonchev–Trinajstić information content (AvgIpc) is 3.37. The van der Waals surface area contributed by atoms with Crippen LogP contribution in [0.1, 0.15) is 52.5 Å². The predicted octanol–water partition coefficient (Wildman–Crippen LogP) is 2.15. The molecule has 0 bridgehead atoms. The van der Waals surface area contributed by atoms with E-state index in [0.29, 0.717) is 52.2 Å². The van der Waals surface area contributed by atoms with Crippen molar-refractivity contribution in [2.75, 3.05) is 32.9 Å². The quantitative estimate of drug-likeness (QED) is 0.127. The van der Waals surface area contributed by atoms with Crippen molar-refractivity contribution in [2.45, 2.75) is 26.3 Å². The first-order valence-corrected chi connectivity index (χ1v) is 15.2. The number of aromatic nitrogens is 3. The Balaban J connectivity index is 1.26. The SMILES string of the molecule is CCNC(=O)CC1N=C(c2ccc(Cl)cc2)c2cc(OCCOCCNC(=O)c3ccc(B(O)O)cc3)ccc2-n2c(C)nnc21. The molecule has 0 aliphatic carbocycles. The van der Waals surface area contributed by atoms with Crippen molar-refractivity contribution in [1.82, 2.24) is 25.4 Å². The van der Waals surface area contributed by atoms with E-state index in [0.717, 1.165) is 16.8 Å². The van der Waals surface area contributed by atoms with Gasteiger partial charge in [-0.05, 0) is 61.8 Å². The molecule has 1 aromatic heterocycles. The molecule has 1 aliphatic heterocycles. The van der Waals surface area contributed by atoms with Gasteiger partial charge in [0.05, 0.1) is 31.0 Å². The highest BCUT2D eigenvalue weighted by molar-refractivity contribution is 6.58. The summed E-state index contributed by atoms with van der Waals surface area (Å²) in [6.45, 7) is 5.37. The number of carbonyl (C=O) groups excluding carboxylic acids is 2. The molecule has 5 rings (SSSR count). The fourth-order valence-electron chi connectivity index (χ4n) is 5.05. The van der Waals surface area contributed by atoms with Gasteiger partial charge < -0.3 is 30.2 Å². The summed E-state index contributed by atoms with van der Waals surface area (Å²) in [5.41, 5.74) is 3.81. The lowest BCUT2D eigenvalue weighted by molar-refractivity contribution is -0.121. The lowest BCUT2D eigenvalue weighted by Gasteiger charge is -2.15. The Hall–Kier alpha value is -4.56. The first-order valence-electron chi connectivity index (χ1n) is 14.9. The summed E-state index contributed by atoms with van der Waals surface area (Å²) in [5.74, 6) is 1.42. The minimum atomic E-state index is -1.58. The van der Waals surface area contributed by atoms with Gasteiger partial charge in [0.25, 0.3) is 5.91 Å². The summed E-state index contributed by atoms with van der Waals surface area (Å²) in [7, 11) is -1.58. The normalized spacial score (nSPS) is 13.6. The number of rotatable bonds is 13. The number of hydrogen-bond acceptors (Lipinski definition) is 9. The summed E-state index contributed by atoms with van der Waals surface area (Å²) in [6, 6.07) is 18.5. The molecule has 12 nitrogen and oxygen atoms in total. The molecule has 4 N–H and O–H groups in total. The van der Waals surface area contributed by atoms with Gasteiger partial charge in [0.1, 0.15) is 24.2 Å². The van der Waals surface area contributed by atoms with Crippen molar-refractivity contribution < 1.29 is 29.1 Å². The van der Waals surface area contributed by atoms with Gasteiger partial charge in [-0.15, -0.1) is 10.2 Å². The highest BCUT2D eigenvalue weighted by atomic mass is 35.5. The van der Waals surface area contributed by atoms with Gasteiger partial charge in [-0.3, -0.25) is 19.1 Å². The van der Waals surface area contributed by atoms with Crippen molar-refractivity contribution in [1.29, 1.82) is 0 Å². The Kier molecular flexibility index (Phi) is 10.8. The van der Waals surface area contributed by atoms with Crippen LogP contribution in [0.3, 0.4) is 0 Å². The van der Waals surface area contributed by atoms with E-state index in [1.807, 2.05) is 48.7 Å². The van der Waals surface area contributed by atoms with Crippen LogP contribution in [-0.4, -0.2) is 82.4 Å². The van der Waals surface area contributed by atoms with Gasteiger partial charge in [-0.1, -0.05) is 35.9 Å². The summed E-state index contributed by atoms with van der Waals surface area (Å²) in [5, 5.41) is 33.3. The maximum absolute atomic E-state index is 12.7. The van der Waals surface area contributed by atoms with Crippen LogP contribution in [-0.2, 0) is 9.53 Å². The van der Waals surface area contributed by atoms with E-state index in [4.69, 9.17) is 26.1 Å². The molecule has 0 radical (unpaired) electrons. The maximum atomic E-state index is 12.7.